The minimum absolute atomic E-state index is 0.184. The Bertz CT molecular complexity index is 249. The van der Waals surface area contributed by atoms with Gasteiger partial charge in [0, 0.05) is 6.42 Å². The van der Waals surface area contributed by atoms with Gasteiger partial charge in [0.2, 0.25) is 6.43 Å². The molecule has 1 aliphatic heterocycles. The lowest BCUT2D eigenvalue weighted by Gasteiger charge is -2.32. The van der Waals surface area contributed by atoms with Gasteiger partial charge in [0.1, 0.15) is 5.60 Å². The second-order valence-corrected chi connectivity index (χ2v) is 5.73. The Hall–Kier alpha value is -0.750. The zero-order valence-corrected chi connectivity index (χ0v) is 11.9. The van der Waals surface area contributed by atoms with Crippen LogP contribution in [0.1, 0.15) is 46.5 Å². The van der Waals surface area contributed by atoms with E-state index in [4.69, 9.17) is 0 Å². The fraction of sp³-hybridized carbons (Fsp3) is 0.923. The molecule has 1 fully saturated rings. The molecule has 0 amide bonds. The Kier molecular flexibility index (Phi) is 8.09. The van der Waals surface area contributed by atoms with Gasteiger partial charge in [0.25, 0.3) is 6.47 Å². The predicted octanol–water partition coefficient (Wildman–Crippen LogP) is 2.10. The van der Waals surface area contributed by atoms with Gasteiger partial charge in [0.05, 0.1) is 5.60 Å². The number of rotatable bonds is 4. The van der Waals surface area contributed by atoms with E-state index in [1.807, 2.05) is 20.8 Å². The summed E-state index contributed by atoms with van der Waals surface area (Å²) in [5, 5.41) is 12.8. The molecule has 0 unspecified atom stereocenters. The van der Waals surface area contributed by atoms with Gasteiger partial charge in [-0.1, -0.05) is 0 Å². The second kappa shape index (κ2) is 8.43. The maximum atomic E-state index is 11.8. The molecular formula is C13H25F2NO3. The second-order valence-electron chi connectivity index (χ2n) is 5.73. The number of piperidine rings is 1. The number of aliphatic hydroxyl groups is 1. The number of nitrogens with one attached hydrogen (secondary N) is 1. The maximum Gasteiger partial charge on any atom is 0.293 e. The summed E-state index contributed by atoms with van der Waals surface area (Å²) in [6, 6.07) is 0. The highest BCUT2D eigenvalue weighted by atomic mass is 19.3. The quantitative estimate of drug-likeness (QED) is 0.775. The average Bonchev–Trinajstić information content (AvgIpc) is 2.27. The number of carbonyl (C=O) groups excluding carboxylic acids is 1. The van der Waals surface area contributed by atoms with Crippen molar-refractivity contribution in [3.8, 4) is 0 Å². The van der Waals surface area contributed by atoms with Crippen molar-refractivity contribution in [2.45, 2.75) is 64.1 Å². The van der Waals surface area contributed by atoms with Crippen LogP contribution in [0.15, 0.2) is 0 Å². The third-order valence-electron chi connectivity index (χ3n) is 2.76. The van der Waals surface area contributed by atoms with Crippen LogP contribution in [0.25, 0.3) is 0 Å². The van der Waals surface area contributed by atoms with Crippen LogP contribution in [0, 0.1) is 0 Å². The molecule has 0 radical (unpaired) electrons. The van der Waals surface area contributed by atoms with Crippen LogP contribution >= 0.6 is 0 Å². The zero-order chi connectivity index (χ0) is 14.9. The molecule has 0 aromatic carbocycles. The van der Waals surface area contributed by atoms with E-state index in [0.29, 0.717) is 19.3 Å². The van der Waals surface area contributed by atoms with Gasteiger partial charge >= 0.3 is 0 Å². The van der Waals surface area contributed by atoms with E-state index < -0.39 is 12.0 Å². The molecule has 114 valence electrons. The number of ether oxygens (including phenoxy) is 1. The summed E-state index contributed by atoms with van der Waals surface area (Å²) < 4.78 is 28.2. The van der Waals surface area contributed by atoms with Crippen LogP contribution in [0.2, 0.25) is 0 Å². The zero-order valence-electron chi connectivity index (χ0n) is 11.9. The fourth-order valence-corrected chi connectivity index (χ4v) is 1.66. The highest BCUT2D eigenvalue weighted by molar-refractivity contribution is 5.37. The molecular weight excluding hydrogens is 256 g/mol. The molecule has 19 heavy (non-hydrogen) atoms. The number of carbonyl (C=O) groups is 1. The summed E-state index contributed by atoms with van der Waals surface area (Å²) in [6.45, 7) is 7.39. The van der Waals surface area contributed by atoms with Crippen molar-refractivity contribution in [1.29, 1.82) is 0 Å². The predicted molar refractivity (Wildman–Crippen MR) is 69.2 cm³/mol. The summed E-state index contributed by atoms with van der Waals surface area (Å²) in [5.41, 5.74) is -1.15. The largest absolute Gasteiger partial charge is 0.462 e. The Morgan fingerprint density at radius 3 is 2.21 bits per heavy atom. The van der Waals surface area contributed by atoms with Crippen molar-refractivity contribution in [1.82, 2.24) is 5.32 Å². The number of hydrogen-bond donors (Lipinski definition) is 2. The molecule has 1 saturated heterocycles. The summed E-state index contributed by atoms with van der Waals surface area (Å²) >= 11 is 0. The van der Waals surface area contributed by atoms with Gasteiger partial charge in [-0.25, -0.2) is 8.78 Å². The van der Waals surface area contributed by atoms with Crippen molar-refractivity contribution in [2.75, 3.05) is 13.1 Å². The molecule has 0 bridgehead atoms. The number of alkyl halides is 2. The highest BCUT2D eigenvalue weighted by Gasteiger charge is 2.29. The standard InChI is InChI=1S/C8H15F2NO.C5H10O2/c9-7(10)1-2-8(12)3-5-11-6-4-8;1-5(2,3)7-4-6/h7,11-12H,1-6H2;4H,1-3H3. The molecule has 6 heteroatoms. The van der Waals surface area contributed by atoms with Crippen LogP contribution in [-0.4, -0.2) is 42.3 Å². The Labute approximate surface area is 113 Å². The molecule has 1 rings (SSSR count). The van der Waals surface area contributed by atoms with Crippen molar-refractivity contribution in [3.05, 3.63) is 0 Å². The lowest BCUT2D eigenvalue weighted by Crippen LogP contribution is -2.42. The van der Waals surface area contributed by atoms with E-state index >= 15 is 0 Å². The Morgan fingerprint density at radius 2 is 1.89 bits per heavy atom. The van der Waals surface area contributed by atoms with Crippen LogP contribution in [-0.2, 0) is 9.53 Å². The SMILES string of the molecule is CC(C)(C)OC=O.OC1(CCC(F)F)CCNCC1. The van der Waals surface area contributed by atoms with E-state index in [1.165, 1.54) is 0 Å². The molecule has 0 aromatic rings. The molecule has 4 nitrogen and oxygen atoms in total. The fourth-order valence-electron chi connectivity index (χ4n) is 1.66. The average molecular weight is 281 g/mol. The first-order valence-electron chi connectivity index (χ1n) is 6.51. The van der Waals surface area contributed by atoms with Crippen molar-refractivity contribution in [2.24, 2.45) is 0 Å². The van der Waals surface area contributed by atoms with Crippen LogP contribution in [0.5, 0.6) is 0 Å². The van der Waals surface area contributed by atoms with E-state index in [0.717, 1.165) is 13.1 Å². The molecule has 0 aliphatic carbocycles. The van der Waals surface area contributed by atoms with Crippen LogP contribution in [0.3, 0.4) is 0 Å². The van der Waals surface area contributed by atoms with E-state index in [1.54, 1.807) is 0 Å². The molecule has 0 aromatic heterocycles. The molecule has 0 spiro atoms. The first-order valence-corrected chi connectivity index (χ1v) is 6.51. The normalized spacial score (nSPS) is 18.5. The summed E-state index contributed by atoms with van der Waals surface area (Å²) in [5.74, 6) is 0. The topological polar surface area (TPSA) is 58.6 Å². The summed E-state index contributed by atoms with van der Waals surface area (Å²) in [7, 11) is 0. The van der Waals surface area contributed by atoms with Gasteiger partial charge in [-0.15, -0.1) is 0 Å². The van der Waals surface area contributed by atoms with Gasteiger partial charge in [-0.2, -0.15) is 0 Å². The van der Waals surface area contributed by atoms with Crippen molar-refractivity contribution in [3.63, 3.8) is 0 Å². The van der Waals surface area contributed by atoms with E-state index in [-0.39, 0.29) is 18.4 Å². The van der Waals surface area contributed by atoms with Gasteiger partial charge < -0.3 is 15.2 Å². The lowest BCUT2D eigenvalue weighted by molar-refractivity contribution is -0.138. The third-order valence-corrected chi connectivity index (χ3v) is 2.76. The summed E-state index contributed by atoms with van der Waals surface area (Å²) in [6.07, 6.45) is -1.05. The molecule has 1 aliphatic rings. The van der Waals surface area contributed by atoms with Crippen molar-refractivity contribution >= 4 is 6.47 Å². The molecule has 2 N–H and O–H groups in total. The summed E-state index contributed by atoms with van der Waals surface area (Å²) in [4.78, 5) is 9.60. The first-order chi connectivity index (χ1) is 8.68. The molecule has 0 atom stereocenters. The third kappa shape index (κ3) is 10.8. The van der Waals surface area contributed by atoms with Crippen LogP contribution < -0.4 is 5.32 Å². The Morgan fingerprint density at radius 1 is 1.37 bits per heavy atom. The van der Waals surface area contributed by atoms with E-state index in [2.05, 4.69) is 10.1 Å². The van der Waals surface area contributed by atoms with Gasteiger partial charge in [0.15, 0.2) is 0 Å². The lowest BCUT2D eigenvalue weighted by atomic mass is 9.88. The smallest absolute Gasteiger partial charge is 0.293 e. The monoisotopic (exact) mass is 281 g/mol. The van der Waals surface area contributed by atoms with Crippen molar-refractivity contribution < 1.29 is 23.4 Å². The minimum Gasteiger partial charge on any atom is -0.462 e. The number of halogens is 2. The maximum absolute atomic E-state index is 11.8. The van der Waals surface area contributed by atoms with Gasteiger partial charge in [-0.05, 0) is 53.1 Å². The molecule has 1 heterocycles. The van der Waals surface area contributed by atoms with Crippen LogP contribution in [0.4, 0.5) is 8.78 Å². The van der Waals surface area contributed by atoms with Gasteiger partial charge in [-0.3, -0.25) is 4.79 Å². The number of hydrogen-bond acceptors (Lipinski definition) is 4. The highest BCUT2D eigenvalue weighted by Crippen LogP contribution is 2.25. The minimum atomic E-state index is -2.29. The first kappa shape index (κ1) is 18.2. The Balaban J connectivity index is 0.000000399. The molecule has 0 saturated carbocycles. The van der Waals surface area contributed by atoms with E-state index in [9.17, 15) is 18.7 Å².